The van der Waals surface area contributed by atoms with Gasteiger partial charge in [0, 0.05) is 22.7 Å². The first-order valence-corrected chi connectivity index (χ1v) is 8.29. The molecule has 0 heterocycles. The molecule has 1 amide bonds. The van der Waals surface area contributed by atoms with Crippen molar-refractivity contribution in [1.29, 1.82) is 0 Å². The minimum atomic E-state index is 0.210. The van der Waals surface area contributed by atoms with E-state index in [1.807, 2.05) is 29.2 Å². The van der Waals surface area contributed by atoms with E-state index >= 15 is 0 Å². The van der Waals surface area contributed by atoms with Crippen LogP contribution in [0.5, 0.6) is 0 Å². The molecule has 1 N–H and O–H groups in total. The van der Waals surface area contributed by atoms with E-state index in [4.69, 9.17) is 0 Å². The summed E-state index contributed by atoms with van der Waals surface area (Å²) >= 11 is 3.41. The Morgan fingerprint density at radius 3 is 2.50 bits per heavy atom. The number of hydrogen-bond donors (Lipinski definition) is 1. The quantitative estimate of drug-likeness (QED) is 0.878. The third-order valence-corrected chi connectivity index (χ3v) is 4.49. The summed E-state index contributed by atoms with van der Waals surface area (Å²) in [6, 6.07) is 8.37. The highest BCUT2D eigenvalue weighted by atomic mass is 79.9. The van der Waals surface area contributed by atoms with E-state index in [-0.39, 0.29) is 5.91 Å². The van der Waals surface area contributed by atoms with Crippen LogP contribution in [0.4, 0.5) is 5.69 Å². The fourth-order valence-electron chi connectivity index (χ4n) is 2.88. The number of carbonyl (C=O) groups excluding carboxylic acids is 1. The molecule has 3 nitrogen and oxygen atoms in total. The summed E-state index contributed by atoms with van der Waals surface area (Å²) in [5, 5.41) is 3.21. The molecule has 0 aliphatic heterocycles. The molecule has 0 spiro atoms. The fraction of sp³-hybridized carbons (Fsp3) is 0.562. The van der Waals surface area contributed by atoms with E-state index in [1.165, 1.54) is 19.3 Å². The average Bonchev–Trinajstić information content (AvgIpc) is 2.48. The van der Waals surface area contributed by atoms with E-state index in [0.717, 1.165) is 29.5 Å². The number of hydrogen-bond acceptors (Lipinski definition) is 2. The van der Waals surface area contributed by atoms with E-state index in [1.54, 1.807) is 0 Å². The lowest BCUT2D eigenvalue weighted by atomic mass is 9.94. The van der Waals surface area contributed by atoms with Crippen LogP contribution in [0.15, 0.2) is 28.7 Å². The predicted molar refractivity (Wildman–Crippen MR) is 86.9 cm³/mol. The fourth-order valence-corrected chi connectivity index (χ4v) is 3.14. The van der Waals surface area contributed by atoms with Gasteiger partial charge in [-0.3, -0.25) is 4.79 Å². The number of anilines is 1. The van der Waals surface area contributed by atoms with Crippen LogP contribution in [-0.2, 0) is 4.79 Å². The zero-order chi connectivity index (χ0) is 14.4. The Morgan fingerprint density at radius 2 is 1.90 bits per heavy atom. The SMILES string of the molecule is CCN(C(=O)CNc1ccc(Br)cc1)C1CCCCC1. The van der Waals surface area contributed by atoms with Gasteiger partial charge in [-0.15, -0.1) is 0 Å². The van der Waals surface area contributed by atoms with Gasteiger partial charge < -0.3 is 10.2 Å². The van der Waals surface area contributed by atoms with Gasteiger partial charge in [0.2, 0.25) is 5.91 Å². The monoisotopic (exact) mass is 338 g/mol. The lowest BCUT2D eigenvalue weighted by Crippen LogP contribution is -2.43. The first-order chi connectivity index (χ1) is 9.70. The summed E-state index contributed by atoms with van der Waals surface area (Å²) in [5.41, 5.74) is 0.987. The zero-order valence-electron chi connectivity index (χ0n) is 12.1. The van der Waals surface area contributed by atoms with Crippen molar-refractivity contribution >= 4 is 27.5 Å². The van der Waals surface area contributed by atoms with Gasteiger partial charge in [0.15, 0.2) is 0 Å². The van der Waals surface area contributed by atoms with Crippen molar-refractivity contribution in [3.05, 3.63) is 28.7 Å². The number of halogens is 1. The molecule has 110 valence electrons. The molecule has 1 saturated carbocycles. The number of likely N-dealkylation sites (N-methyl/N-ethyl adjacent to an activating group) is 1. The van der Waals surface area contributed by atoms with Crippen LogP contribution in [0, 0.1) is 0 Å². The number of amides is 1. The normalized spacial score (nSPS) is 15.9. The molecule has 0 unspecified atom stereocenters. The molecule has 0 aromatic heterocycles. The lowest BCUT2D eigenvalue weighted by molar-refractivity contribution is -0.132. The van der Waals surface area contributed by atoms with E-state index in [9.17, 15) is 4.79 Å². The zero-order valence-corrected chi connectivity index (χ0v) is 13.7. The maximum Gasteiger partial charge on any atom is 0.242 e. The predicted octanol–water partition coefficient (Wildman–Crippen LogP) is 4.04. The largest absolute Gasteiger partial charge is 0.376 e. The average molecular weight is 339 g/mol. The molecule has 20 heavy (non-hydrogen) atoms. The van der Waals surface area contributed by atoms with Crippen molar-refractivity contribution in [2.75, 3.05) is 18.4 Å². The number of nitrogens with zero attached hydrogens (tertiary/aromatic N) is 1. The molecule has 0 radical (unpaired) electrons. The van der Waals surface area contributed by atoms with Gasteiger partial charge in [-0.2, -0.15) is 0 Å². The number of benzene rings is 1. The smallest absolute Gasteiger partial charge is 0.242 e. The molecular formula is C16H23BrN2O. The number of nitrogens with one attached hydrogen (secondary N) is 1. The van der Waals surface area contributed by atoms with Gasteiger partial charge in [-0.25, -0.2) is 0 Å². The Bertz CT molecular complexity index is 427. The highest BCUT2D eigenvalue weighted by Gasteiger charge is 2.23. The molecule has 1 fully saturated rings. The van der Waals surface area contributed by atoms with Crippen LogP contribution >= 0.6 is 15.9 Å². The summed E-state index contributed by atoms with van der Waals surface area (Å²) in [4.78, 5) is 14.4. The summed E-state index contributed by atoms with van der Waals surface area (Å²) in [6.45, 7) is 3.27. The van der Waals surface area contributed by atoms with Gasteiger partial charge in [0.1, 0.15) is 0 Å². The third kappa shape index (κ3) is 4.23. The Balaban J connectivity index is 1.87. The van der Waals surface area contributed by atoms with Crippen molar-refractivity contribution in [2.24, 2.45) is 0 Å². The Kier molecular flexibility index (Phi) is 5.89. The van der Waals surface area contributed by atoms with Crippen LogP contribution in [0.3, 0.4) is 0 Å². The molecule has 0 saturated heterocycles. The molecule has 1 aromatic carbocycles. The van der Waals surface area contributed by atoms with Crippen molar-refractivity contribution < 1.29 is 4.79 Å². The van der Waals surface area contributed by atoms with Crippen molar-refractivity contribution in [1.82, 2.24) is 4.90 Å². The Hall–Kier alpha value is -1.03. The topological polar surface area (TPSA) is 32.3 Å². The van der Waals surface area contributed by atoms with Crippen molar-refractivity contribution in [3.63, 3.8) is 0 Å². The molecule has 2 rings (SSSR count). The summed E-state index contributed by atoms with van der Waals surface area (Å²) in [7, 11) is 0. The Morgan fingerprint density at radius 1 is 1.25 bits per heavy atom. The molecule has 0 atom stereocenters. The van der Waals surface area contributed by atoms with Crippen LogP contribution < -0.4 is 5.32 Å². The van der Waals surface area contributed by atoms with Gasteiger partial charge in [-0.1, -0.05) is 35.2 Å². The first-order valence-electron chi connectivity index (χ1n) is 7.49. The maximum atomic E-state index is 12.4. The standard InChI is InChI=1S/C16H23BrN2O/c1-2-19(15-6-4-3-5-7-15)16(20)12-18-14-10-8-13(17)9-11-14/h8-11,15,18H,2-7,12H2,1H3. The molecule has 1 aliphatic rings. The van der Waals surface area contributed by atoms with E-state index in [2.05, 4.69) is 28.2 Å². The van der Waals surface area contributed by atoms with Crippen LogP contribution in [-0.4, -0.2) is 29.9 Å². The second kappa shape index (κ2) is 7.67. The summed E-state index contributed by atoms with van der Waals surface area (Å²) < 4.78 is 1.05. The minimum Gasteiger partial charge on any atom is -0.376 e. The van der Waals surface area contributed by atoms with Gasteiger partial charge >= 0.3 is 0 Å². The molecular weight excluding hydrogens is 316 g/mol. The van der Waals surface area contributed by atoms with Crippen molar-refractivity contribution in [2.45, 2.75) is 45.1 Å². The Labute approximate surface area is 129 Å². The van der Waals surface area contributed by atoms with Gasteiger partial charge in [0.25, 0.3) is 0 Å². The molecule has 0 bridgehead atoms. The van der Waals surface area contributed by atoms with Crippen LogP contribution in [0.1, 0.15) is 39.0 Å². The third-order valence-electron chi connectivity index (χ3n) is 3.96. The summed E-state index contributed by atoms with van der Waals surface area (Å²) in [6.07, 6.45) is 6.16. The molecule has 1 aromatic rings. The first kappa shape index (κ1) is 15.4. The maximum absolute atomic E-state index is 12.4. The molecule has 4 heteroatoms. The van der Waals surface area contributed by atoms with Crippen LogP contribution in [0.2, 0.25) is 0 Å². The number of rotatable bonds is 5. The lowest BCUT2D eigenvalue weighted by Gasteiger charge is -2.33. The van der Waals surface area contributed by atoms with Gasteiger partial charge in [-0.05, 0) is 44.0 Å². The van der Waals surface area contributed by atoms with Crippen molar-refractivity contribution in [3.8, 4) is 0 Å². The second-order valence-electron chi connectivity index (χ2n) is 5.33. The highest BCUT2D eigenvalue weighted by molar-refractivity contribution is 9.10. The van der Waals surface area contributed by atoms with E-state index < -0.39 is 0 Å². The highest BCUT2D eigenvalue weighted by Crippen LogP contribution is 2.22. The van der Waals surface area contributed by atoms with Crippen LogP contribution in [0.25, 0.3) is 0 Å². The van der Waals surface area contributed by atoms with E-state index in [0.29, 0.717) is 12.6 Å². The second-order valence-corrected chi connectivity index (χ2v) is 6.25. The van der Waals surface area contributed by atoms with Gasteiger partial charge in [0.05, 0.1) is 6.54 Å². The summed E-state index contributed by atoms with van der Waals surface area (Å²) in [5.74, 6) is 0.210. The molecule has 1 aliphatic carbocycles. The minimum absolute atomic E-state index is 0.210. The number of carbonyl (C=O) groups is 1.